The van der Waals surface area contributed by atoms with Crippen LogP contribution in [0.3, 0.4) is 0 Å². The van der Waals surface area contributed by atoms with Crippen molar-refractivity contribution >= 4 is 14.5 Å². The van der Waals surface area contributed by atoms with Crippen LogP contribution in [0.2, 0.25) is 0 Å². The minimum Gasteiger partial charge on any atom is -0.357 e. The number of amides is 1. The zero-order chi connectivity index (χ0) is 11.5. The van der Waals surface area contributed by atoms with Crippen LogP contribution in [0.5, 0.6) is 0 Å². The largest absolute Gasteiger partial charge is 0.357 e. The van der Waals surface area contributed by atoms with Crippen LogP contribution in [0.25, 0.3) is 0 Å². The van der Waals surface area contributed by atoms with Crippen molar-refractivity contribution in [3.8, 4) is 11.6 Å². The SMILES string of the molecule is CC.CPC#CCNC(=O)c1ccc[nH]1. The second kappa shape index (κ2) is 9.30. The molecule has 1 heterocycles. The van der Waals surface area contributed by atoms with E-state index in [4.69, 9.17) is 0 Å². The predicted octanol–water partition coefficient (Wildman–Crippen LogP) is 2.04. The Morgan fingerprint density at radius 2 is 2.33 bits per heavy atom. The molecule has 1 atom stereocenters. The third-order valence-corrected chi connectivity index (χ3v) is 1.82. The van der Waals surface area contributed by atoms with Crippen molar-refractivity contribution in [1.82, 2.24) is 10.3 Å². The molecule has 82 valence electrons. The highest BCUT2D eigenvalue weighted by Gasteiger charge is 2.02. The van der Waals surface area contributed by atoms with Gasteiger partial charge in [-0.2, -0.15) is 0 Å². The topological polar surface area (TPSA) is 44.9 Å². The van der Waals surface area contributed by atoms with E-state index >= 15 is 0 Å². The lowest BCUT2D eigenvalue weighted by atomic mass is 10.4. The van der Waals surface area contributed by atoms with E-state index in [1.54, 1.807) is 18.3 Å². The third kappa shape index (κ3) is 5.93. The van der Waals surface area contributed by atoms with Crippen molar-refractivity contribution < 1.29 is 4.79 Å². The molecule has 0 saturated heterocycles. The number of nitrogens with one attached hydrogen (secondary N) is 2. The summed E-state index contributed by atoms with van der Waals surface area (Å²) in [7, 11) is 0.614. The van der Waals surface area contributed by atoms with Gasteiger partial charge in [-0.1, -0.05) is 25.4 Å². The van der Waals surface area contributed by atoms with Gasteiger partial charge in [0.1, 0.15) is 5.69 Å². The van der Waals surface area contributed by atoms with E-state index in [1.807, 2.05) is 20.5 Å². The van der Waals surface area contributed by atoms with Gasteiger partial charge in [-0.05, 0) is 27.4 Å². The fourth-order valence-electron chi connectivity index (χ4n) is 0.824. The molecule has 1 aromatic heterocycles. The van der Waals surface area contributed by atoms with Gasteiger partial charge in [0.15, 0.2) is 0 Å². The summed E-state index contributed by atoms with van der Waals surface area (Å²) >= 11 is 0. The van der Waals surface area contributed by atoms with E-state index in [-0.39, 0.29) is 5.91 Å². The summed E-state index contributed by atoms with van der Waals surface area (Å²) in [4.78, 5) is 14.1. The normalized spacial score (nSPS) is 8.73. The molecular weight excluding hydrogens is 207 g/mol. The van der Waals surface area contributed by atoms with Gasteiger partial charge >= 0.3 is 0 Å². The van der Waals surface area contributed by atoms with Crippen LogP contribution in [0.1, 0.15) is 24.3 Å². The molecule has 1 aromatic rings. The Hall–Kier alpha value is -1.26. The number of carbonyl (C=O) groups is 1. The van der Waals surface area contributed by atoms with E-state index in [9.17, 15) is 4.79 Å². The molecule has 0 aliphatic rings. The molecule has 0 aliphatic carbocycles. The Kier molecular flexibility index (Phi) is 8.52. The zero-order valence-electron chi connectivity index (χ0n) is 9.35. The molecule has 15 heavy (non-hydrogen) atoms. The van der Waals surface area contributed by atoms with Crippen molar-refractivity contribution in [1.29, 1.82) is 0 Å². The molecule has 4 heteroatoms. The number of H-pyrrole nitrogens is 1. The monoisotopic (exact) mass is 224 g/mol. The average molecular weight is 224 g/mol. The van der Waals surface area contributed by atoms with Crippen LogP contribution in [0, 0.1) is 11.6 Å². The quantitative estimate of drug-likeness (QED) is 0.586. The predicted molar refractivity (Wildman–Crippen MR) is 66.5 cm³/mol. The molecule has 0 spiro atoms. The minimum atomic E-state index is -0.112. The molecule has 1 amide bonds. The number of aromatic amines is 1. The van der Waals surface area contributed by atoms with Crippen molar-refractivity contribution in [2.24, 2.45) is 0 Å². The lowest BCUT2D eigenvalue weighted by Gasteiger charge is -1.96. The van der Waals surface area contributed by atoms with Gasteiger partial charge in [-0.25, -0.2) is 0 Å². The highest BCUT2D eigenvalue weighted by Crippen LogP contribution is 1.95. The smallest absolute Gasteiger partial charge is 0.268 e. The Morgan fingerprint density at radius 1 is 1.60 bits per heavy atom. The van der Waals surface area contributed by atoms with Crippen LogP contribution in [0.4, 0.5) is 0 Å². The highest BCUT2D eigenvalue weighted by atomic mass is 31.1. The van der Waals surface area contributed by atoms with E-state index in [1.165, 1.54) is 0 Å². The maximum Gasteiger partial charge on any atom is 0.268 e. The van der Waals surface area contributed by atoms with Crippen LogP contribution in [-0.4, -0.2) is 24.1 Å². The van der Waals surface area contributed by atoms with Gasteiger partial charge in [0.25, 0.3) is 5.91 Å². The average Bonchev–Trinajstić information content (AvgIpc) is 2.80. The number of hydrogen-bond acceptors (Lipinski definition) is 1. The first-order valence-electron chi connectivity index (χ1n) is 4.91. The Morgan fingerprint density at radius 3 is 2.87 bits per heavy atom. The Balaban J connectivity index is 0.000000921. The summed E-state index contributed by atoms with van der Waals surface area (Å²) in [5.74, 6) is 2.73. The van der Waals surface area contributed by atoms with E-state index in [0.717, 1.165) is 0 Å². The van der Waals surface area contributed by atoms with Gasteiger partial charge in [0.2, 0.25) is 0 Å². The summed E-state index contributed by atoms with van der Waals surface area (Å²) in [5.41, 5.74) is 3.47. The molecule has 2 N–H and O–H groups in total. The molecule has 1 rings (SSSR count). The Labute approximate surface area is 92.8 Å². The molecule has 3 nitrogen and oxygen atoms in total. The van der Waals surface area contributed by atoms with Gasteiger partial charge in [0, 0.05) is 6.20 Å². The van der Waals surface area contributed by atoms with Crippen LogP contribution >= 0.6 is 8.58 Å². The molecule has 0 saturated carbocycles. The van der Waals surface area contributed by atoms with Crippen molar-refractivity contribution in [3.05, 3.63) is 24.0 Å². The van der Waals surface area contributed by atoms with Gasteiger partial charge < -0.3 is 10.3 Å². The lowest BCUT2D eigenvalue weighted by molar-refractivity contribution is 0.0954. The maximum absolute atomic E-state index is 11.3. The maximum atomic E-state index is 11.3. The minimum absolute atomic E-state index is 0.112. The standard InChI is InChI=1S/C9H11N2OP.C2H6/c1-13-7-3-6-11-9(12)8-4-2-5-10-8;1-2/h2,4-5,10,13H,6H2,1H3,(H,11,12);1-2H3. The molecule has 0 fully saturated rings. The molecule has 1 unspecified atom stereocenters. The Bertz CT molecular complexity index is 322. The summed E-state index contributed by atoms with van der Waals surface area (Å²) in [6.07, 6.45) is 1.72. The summed E-state index contributed by atoms with van der Waals surface area (Å²) in [6.45, 7) is 6.42. The zero-order valence-corrected chi connectivity index (χ0v) is 10.3. The molecule has 0 radical (unpaired) electrons. The third-order valence-electron chi connectivity index (χ3n) is 1.39. The van der Waals surface area contributed by atoms with E-state index in [2.05, 4.69) is 21.9 Å². The number of carbonyl (C=O) groups excluding carboxylic acids is 1. The van der Waals surface area contributed by atoms with Crippen molar-refractivity contribution in [2.45, 2.75) is 13.8 Å². The van der Waals surface area contributed by atoms with Crippen LogP contribution < -0.4 is 5.32 Å². The summed E-state index contributed by atoms with van der Waals surface area (Å²) in [6, 6.07) is 3.51. The van der Waals surface area contributed by atoms with Crippen LogP contribution in [-0.2, 0) is 0 Å². The summed E-state index contributed by atoms with van der Waals surface area (Å²) in [5, 5.41) is 2.68. The van der Waals surface area contributed by atoms with Crippen molar-refractivity contribution in [2.75, 3.05) is 13.2 Å². The number of rotatable bonds is 2. The number of hydrogen-bond donors (Lipinski definition) is 2. The van der Waals surface area contributed by atoms with E-state index in [0.29, 0.717) is 20.8 Å². The molecule has 0 bridgehead atoms. The molecule has 0 aromatic carbocycles. The lowest BCUT2D eigenvalue weighted by Crippen LogP contribution is -2.23. The fourth-order valence-corrected chi connectivity index (χ4v) is 1.09. The second-order valence-electron chi connectivity index (χ2n) is 2.32. The van der Waals surface area contributed by atoms with Gasteiger partial charge in [-0.3, -0.25) is 4.79 Å². The van der Waals surface area contributed by atoms with E-state index < -0.39 is 0 Å². The van der Waals surface area contributed by atoms with Gasteiger partial charge in [-0.15, -0.1) is 0 Å². The fraction of sp³-hybridized carbons (Fsp3) is 0.364. The highest BCUT2D eigenvalue weighted by molar-refractivity contribution is 7.43. The first-order chi connectivity index (χ1) is 7.34. The van der Waals surface area contributed by atoms with Crippen molar-refractivity contribution in [3.63, 3.8) is 0 Å². The first kappa shape index (κ1) is 13.7. The summed E-state index contributed by atoms with van der Waals surface area (Å²) < 4.78 is 0. The number of aromatic nitrogens is 1. The van der Waals surface area contributed by atoms with Gasteiger partial charge in [0.05, 0.1) is 6.54 Å². The molecular formula is C11H17N2OP. The van der Waals surface area contributed by atoms with Crippen LogP contribution in [0.15, 0.2) is 18.3 Å². The first-order valence-corrected chi connectivity index (χ1v) is 6.41. The second-order valence-corrected chi connectivity index (χ2v) is 3.07. The molecule has 0 aliphatic heterocycles.